The molecule has 0 atom stereocenters. The fourth-order valence-corrected chi connectivity index (χ4v) is 1.66. The number of nitrogens with one attached hydrogen (secondary N) is 2. The number of benzene rings is 1. The Morgan fingerprint density at radius 2 is 2.40 bits per heavy atom. The quantitative estimate of drug-likeness (QED) is 0.763. The van der Waals surface area contributed by atoms with Gasteiger partial charge in [-0.2, -0.15) is 0 Å². The number of aliphatic imine (C=N–C) groups is 1. The van der Waals surface area contributed by atoms with Crippen LogP contribution in [-0.4, -0.2) is 19.0 Å². The Labute approximate surface area is 90.6 Å². The van der Waals surface area contributed by atoms with Gasteiger partial charge in [0.25, 0.3) is 0 Å². The van der Waals surface area contributed by atoms with Crippen molar-refractivity contribution in [3.8, 4) is 0 Å². The van der Waals surface area contributed by atoms with Crippen molar-refractivity contribution in [2.45, 2.75) is 19.9 Å². The molecule has 0 fully saturated rings. The maximum atomic E-state index is 4.36. The number of hydrogen-bond donors (Lipinski definition) is 2. The summed E-state index contributed by atoms with van der Waals surface area (Å²) in [6, 6.07) is 8.52. The first-order chi connectivity index (χ1) is 7.34. The van der Waals surface area contributed by atoms with E-state index in [1.165, 1.54) is 11.1 Å². The van der Waals surface area contributed by atoms with Crippen LogP contribution in [-0.2, 0) is 6.54 Å². The number of hydrogen-bond acceptors (Lipinski definition) is 3. The lowest BCUT2D eigenvalue weighted by Crippen LogP contribution is -2.40. The van der Waals surface area contributed by atoms with E-state index in [4.69, 9.17) is 0 Å². The number of aryl methyl sites for hydroxylation is 1. The van der Waals surface area contributed by atoms with Crippen LogP contribution in [0, 0.1) is 6.92 Å². The van der Waals surface area contributed by atoms with Crippen molar-refractivity contribution >= 4 is 5.96 Å². The fraction of sp³-hybridized carbons (Fsp3) is 0.417. The van der Waals surface area contributed by atoms with Crippen LogP contribution < -0.4 is 10.6 Å². The first kappa shape index (κ1) is 10.0. The second-order valence-corrected chi connectivity index (χ2v) is 3.85. The third-order valence-electron chi connectivity index (χ3n) is 2.44. The van der Waals surface area contributed by atoms with Crippen molar-refractivity contribution in [2.75, 3.05) is 13.1 Å². The van der Waals surface area contributed by atoms with Gasteiger partial charge in [0.15, 0.2) is 5.96 Å². The first-order valence-corrected chi connectivity index (χ1v) is 5.42. The summed E-state index contributed by atoms with van der Waals surface area (Å²) >= 11 is 0. The molecule has 0 unspecified atom stereocenters. The summed E-state index contributed by atoms with van der Waals surface area (Å²) in [6.45, 7) is 4.91. The van der Waals surface area contributed by atoms with Crippen LogP contribution in [0.15, 0.2) is 29.3 Å². The Balaban J connectivity index is 1.90. The van der Waals surface area contributed by atoms with E-state index in [2.05, 4.69) is 46.8 Å². The van der Waals surface area contributed by atoms with Crippen molar-refractivity contribution in [1.82, 2.24) is 10.6 Å². The highest BCUT2D eigenvalue weighted by Gasteiger charge is 2.02. The van der Waals surface area contributed by atoms with E-state index >= 15 is 0 Å². The molecule has 1 aliphatic heterocycles. The van der Waals surface area contributed by atoms with Gasteiger partial charge in [0, 0.05) is 19.6 Å². The Hall–Kier alpha value is -1.51. The average molecular weight is 203 g/mol. The Morgan fingerprint density at radius 3 is 3.13 bits per heavy atom. The summed E-state index contributed by atoms with van der Waals surface area (Å²) < 4.78 is 0. The molecule has 3 nitrogen and oxygen atoms in total. The van der Waals surface area contributed by atoms with Gasteiger partial charge in [-0.25, -0.2) is 0 Å². The van der Waals surface area contributed by atoms with Gasteiger partial charge in [-0.1, -0.05) is 29.8 Å². The third kappa shape index (κ3) is 2.98. The largest absolute Gasteiger partial charge is 0.356 e. The van der Waals surface area contributed by atoms with Crippen molar-refractivity contribution in [2.24, 2.45) is 4.99 Å². The minimum absolute atomic E-state index is 0.841. The molecule has 0 saturated heterocycles. The van der Waals surface area contributed by atoms with Gasteiger partial charge in [0.05, 0.1) is 0 Å². The third-order valence-corrected chi connectivity index (χ3v) is 2.44. The van der Waals surface area contributed by atoms with E-state index in [0.717, 1.165) is 32.0 Å². The van der Waals surface area contributed by atoms with Crippen LogP contribution in [0.4, 0.5) is 0 Å². The van der Waals surface area contributed by atoms with E-state index in [9.17, 15) is 0 Å². The maximum absolute atomic E-state index is 4.36. The number of guanidine groups is 1. The van der Waals surface area contributed by atoms with E-state index in [0.29, 0.717) is 0 Å². The van der Waals surface area contributed by atoms with Crippen LogP contribution in [0.2, 0.25) is 0 Å². The molecule has 1 aliphatic rings. The van der Waals surface area contributed by atoms with Crippen LogP contribution in [0.5, 0.6) is 0 Å². The van der Waals surface area contributed by atoms with E-state index in [1.54, 1.807) is 0 Å². The van der Waals surface area contributed by atoms with E-state index in [1.807, 2.05) is 0 Å². The summed E-state index contributed by atoms with van der Waals surface area (Å²) in [4.78, 5) is 4.36. The molecule has 0 bridgehead atoms. The van der Waals surface area contributed by atoms with Gasteiger partial charge in [0.2, 0.25) is 0 Å². The molecule has 2 N–H and O–H groups in total. The lowest BCUT2D eigenvalue weighted by atomic mass is 10.1. The van der Waals surface area contributed by atoms with Crippen molar-refractivity contribution in [1.29, 1.82) is 0 Å². The zero-order valence-corrected chi connectivity index (χ0v) is 9.09. The van der Waals surface area contributed by atoms with E-state index in [-0.39, 0.29) is 0 Å². The SMILES string of the molecule is Cc1cccc(CNC2=NCCCN2)c1. The number of nitrogens with zero attached hydrogens (tertiary/aromatic N) is 1. The predicted octanol–water partition coefficient (Wildman–Crippen LogP) is 1.43. The summed E-state index contributed by atoms with van der Waals surface area (Å²) in [5.74, 6) is 0.933. The van der Waals surface area contributed by atoms with Gasteiger partial charge >= 0.3 is 0 Å². The first-order valence-electron chi connectivity index (χ1n) is 5.42. The zero-order valence-electron chi connectivity index (χ0n) is 9.09. The van der Waals surface area contributed by atoms with Gasteiger partial charge < -0.3 is 10.6 Å². The molecule has 1 aromatic carbocycles. The van der Waals surface area contributed by atoms with Gasteiger partial charge in [-0.05, 0) is 18.9 Å². The fourth-order valence-electron chi connectivity index (χ4n) is 1.66. The van der Waals surface area contributed by atoms with E-state index < -0.39 is 0 Å². The molecule has 1 aromatic rings. The minimum atomic E-state index is 0.841. The smallest absolute Gasteiger partial charge is 0.191 e. The number of rotatable bonds is 2. The van der Waals surface area contributed by atoms with Crippen LogP contribution in [0.25, 0.3) is 0 Å². The molecule has 80 valence electrons. The standard InChI is InChI=1S/C12H17N3/c1-10-4-2-5-11(8-10)9-15-12-13-6-3-7-14-12/h2,4-5,8H,3,6-7,9H2,1H3,(H2,13,14,15). The topological polar surface area (TPSA) is 36.4 Å². The highest BCUT2D eigenvalue weighted by atomic mass is 15.2. The molecular formula is C12H17N3. The van der Waals surface area contributed by atoms with Gasteiger partial charge in [-0.3, -0.25) is 4.99 Å². The molecule has 0 radical (unpaired) electrons. The lowest BCUT2D eigenvalue weighted by Gasteiger charge is -2.16. The second-order valence-electron chi connectivity index (χ2n) is 3.85. The van der Waals surface area contributed by atoms with Crippen LogP contribution >= 0.6 is 0 Å². The Bertz CT molecular complexity index is 358. The summed E-state index contributed by atoms with van der Waals surface area (Å²) in [6.07, 6.45) is 1.13. The predicted molar refractivity (Wildman–Crippen MR) is 62.9 cm³/mol. The molecule has 0 saturated carbocycles. The normalized spacial score (nSPS) is 15.4. The second kappa shape index (κ2) is 4.82. The van der Waals surface area contributed by atoms with Crippen LogP contribution in [0.1, 0.15) is 17.5 Å². The molecular weight excluding hydrogens is 186 g/mol. The van der Waals surface area contributed by atoms with Crippen molar-refractivity contribution in [3.05, 3.63) is 35.4 Å². The molecule has 15 heavy (non-hydrogen) atoms. The monoisotopic (exact) mass is 203 g/mol. The summed E-state index contributed by atoms with van der Waals surface area (Å²) in [5, 5.41) is 6.55. The lowest BCUT2D eigenvalue weighted by molar-refractivity contribution is 0.702. The molecule has 3 heteroatoms. The van der Waals surface area contributed by atoms with Crippen LogP contribution in [0.3, 0.4) is 0 Å². The highest BCUT2D eigenvalue weighted by Crippen LogP contribution is 2.03. The zero-order chi connectivity index (χ0) is 10.5. The maximum Gasteiger partial charge on any atom is 0.191 e. The average Bonchev–Trinajstić information content (AvgIpc) is 2.28. The van der Waals surface area contributed by atoms with Gasteiger partial charge in [-0.15, -0.1) is 0 Å². The van der Waals surface area contributed by atoms with Gasteiger partial charge in [0.1, 0.15) is 0 Å². The Kier molecular flexibility index (Phi) is 3.22. The summed E-state index contributed by atoms with van der Waals surface area (Å²) in [7, 11) is 0. The molecule has 0 aliphatic carbocycles. The highest BCUT2D eigenvalue weighted by molar-refractivity contribution is 5.80. The van der Waals surface area contributed by atoms with Crippen molar-refractivity contribution < 1.29 is 0 Å². The Morgan fingerprint density at radius 1 is 1.47 bits per heavy atom. The molecule has 0 aromatic heterocycles. The molecule has 1 heterocycles. The molecule has 2 rings (SSSR count). The summed E-state index contributed by atoms with van der Waals surface area (Å²) in [5.41, 5.74) is 2.60. The minimum Gasteiger partial charge on any atom is -0.356 e. The molecule has 0 spiro atoms. The van der Waals surface area contributed by atoms with Crippen molar-refractivity contribution in [3.63, 3.8) is 0 Å². The molecule has 0 amide bonds.